The molecule has 0 bridgehead atoms. The number of para-hydroxylation sites is 2. The van der Waals surface area contributed by atoms with Gasteiger partial charge >= 0.3 is 0 Å². The Labute approximate surface area is 167 Å². The largest absolute Gasteiger partial charge is 0.493 e. The lowest BCUT2D eigenvalue weighted by Crippen LogP contribution is -2.31. The summed E-state index contributed by atoms with van der Waals surface area (Å²) in [5.74, 6) is 0.496. The fraction of sp³-hybridized carbons (Fsp3) is 0.182. The number of fused-ring (bicyclic) bond motifs is 3. The Morgan fingerprint density at radius 1 is 1.14 bits per heavy atom. The summed E-state index contributed by atoms with van der Waals surface area (Å²) in [5, 5.41) is 10.6. The molecule has 0 unspecified atom stereocenters. The summed E-state index contributed by atoms with van der Waals surface area (Å²) in [6.45, 7) is 0. The van der Waals surface area contributed by atoms with Crippen LogP contribution in [-0.2, 0) is 7.05 Å². The molecule has 0 spiro atoms. The molecule has 7 heteroatoms. The molecule has 0 saturated heterocycles. The van der Waals surface area contributed by atoms with Gasteiger partial charge in [0.2, 0.25) is 5.88 Å². The molecule has 0 saturated carbocycles. The van der Waals surface area contributed by atoms with Crippen LogP contribution in [0.15, 0.2) is 58.7 Å². The van der Waals surface area contributed by atoms with Gasteiger partial charge in [-0.2, -0.15) is 5.26 Å². The first-order chi connectivity index (χ1) is 14.0. The zero-order chi connectivity index (χ0) is 20.7. The van der Waals surface area contributed by atoms with Gasteiger partial charge in [0.1, 0.15) is 17.4 Å². The van der Waals surface area contributed by atoms with E-state index >= 15 is 0 Å². The number of methoxy groups -OCH3 is 2. The van der Waals surface area contributed by atoms with Gasteiger partial charge in [-0.3, -0.25) is 4.79 Å². The van der Waals surface area contributed by atoms with Crippen molar-refractivity contribution in [2.24, 2.45) is 12.8 Å². The molecule has 0 amide bonds. The summed E-state index contributed by atoms with van der Waals surface area (Å²) in [7, 11) is 4.74. The van der Waals surface area contributed by atoms with Gasteiger partial charge in [-0.1, -0.05) is 24.3 Å². The molecular weight excluding hydrogens is 370 g/mol. The summed E-state index contributed by atoms with van der Waals surface area (Å²) >= 11 is 0. The third-order valence-electron chi connectivity index (χ3n) is 5.21. The van der Waals surface area contributed by atoms with Crippen LogP contribution < -0.4 is 25.5 Å². The van der Waals surface area contributed by atoms with Gasteiger partial charge in [-0.15, -0.1) is 0 Å². The SMILES string of the molecule is COc1cccc([C@H]2C(C#N)=C(N)Oc3c2c(=O)n(C)c2ccccc32)c1OC. The molecule has 3 aromatic rings. The minimum Gasteiger partial charge on any atom is -0.493 e. The molecule has 146 valence electrons. The molecule has 0 fully saturated rings. The van der Waals surface area contributed by atoms with Crippen LogP contribution in [0.2, 0.25) is 0 Å². The highest BCUT2D eigenvalue weighted by molar-refractivity contribution is 5.88. The maximum atomic E-state index is 13.4. The Kier molecular flexibility index (Phi) is 4.40. The minimum atomic E-state index is -0.753. The number of rotatable bonds is 3. The maximum absolute atomic E-state index is 13.4. The Balaban J connectivity index is 2.15. The number of ether oxygens (including phenoxy) is 3. The predicted octanol–water partition coefficient (Wildman–Crippen LogP) is 2.77. The van der Waals surface area contributed by atoms with Gasteiger partial charge in [-0.05, 0) is 18.2 Å². The summed E-state index contributed by atoms with van der Waals surface area (Å²) in [6, 6.07) is 14.8. The topological polar surface area (TPSA) is 99.5 Å². The normalized spacial score (nSPS) is 15.4. The number of benzene rings is 2. The molecule has 0 radical (unpaired) electrons. The summed E-state index contributed by atoms with van der Waals surface area (Å²) < 4.78 is 18.3. The van der Waals surface area contributed by atoms with Crippen molar-refractivity contribution >= 4 is 10.9 Å². The zero-order valence-corrected chi connectivity index (χ0v) is 16.2. The smallest absolute Gasteiger partial charge is 0.258 e. The first-order valence-corrected chi connectivity index (χ1v) is 8.93. The lowest BCUT2D eigenvalue weighted by atomic mass is 9.82. The lowest BCUT2D eigenvalue weighted by molar-refractivity contribution is 0.349. The maximum Gasteiger partial charge on any atom is 0.258 e. The molecule has 29 heavy (non-hydrogen) atoms. The van der Waals surface area contributed by atoms with Crippen molar-refractivity contribution in [3.63, 3.8) is 0 Å². The average Bonchev–Trinajstić information content (AvgIpc) is 2.75. The second-order valence-electron chi connectivity index (χ2n) is 6.63. The van der Waals surface area contributed by atoms with Crippen LogP contribution in [0.3, 0.4) is 0 Å². The van der Waals surface area contributed by atoms with Gasteiger partial charge in [0, 0.05) is 18.0 Å². The van der Waals surface area contributed by atoms with Gasteiger partial charge in [0.15, 0.2) is 11.5 Å². The van der Waals surface area contributed by atoms with Crippen molar-refractivity contribution in [3.05, 3.63) is 75.4 Å². The molecule has 1 aliphatic heterocycles. The third-order valence-corrected chi connectivity index (χ3v) is 5.21. The van der Waals surface area contributed by atoms with Crippen LogP contribution in [0.25, 0.3) is 10.9 Å². The number of nitrogens with zero attached hydrogens (tertiary/aromatic N) is 2. The van der Waals surface area contributed by atoms with Crippen molar-refractivity contribution in [3.8, 4) is 23.3 Å². The van der Waals surface area contributed by atoms with E-state index in [1.165, 1.54) is 14.2 Å². The van der Waals surface area contributed by atoms with E-state index in [-0.39, 0.29) is 17.0 Å². The molecule has 2 aromatic carbocycles. The van der Waals surface area contributed by atoms with Crippen molar-refractivity contribution in [2.75, 3.05) is 14.2 Å². The van der Waals surface area contributed by atoms with E-state index < -0.39 is 5.92 Å². The van der Waals surface area contributed by atoms with E-state index in [0.29, 0.717) is 33.9 Å². The molecule has 0 aliphatic carbocycles. The fourth-order valence-corrected chi connectivity index (χ4v) is 3.88. The Morgan fingerprint density at radius 3 is 2.59 bits per heavy atom. The molecule has 4 rings (SSSR count). The zero-order valence-electron chi connectivity index (χ0n) is 16.2. The van der Waals surface area contributed by atoms with Crippen molar-refractivity contribution < 1.29 is 14.2 Å². The first-order valence-electron chi connectivity index (χ1n) is 8.93. The number of aryl methyl sites for hydroxylation is 1. The van der Waals surface area contributed by atoms with Gasteiger partial charge in [0.05, 0.1) is 31.2 Å². The fourth-order valence-electron chi connectivity index (χ4n) is 3.88. The second kappa shape index (κ2) is 6.91. The average molecular weight is 389 g/mol. The van der Waals surface area contributed by atoms with E-state index in [9.17, 15) is 10.1 Å². The second-order valence-corrected chi connectivity index (χ2v) is 6.63. The Hall–Kier alpha value is -3.92. The number of nitriles is 1. The number of nitrogens with two attached hydrogens (primary N) is 1. The van der Waals surface area contributed by atoms with E-state index in [4.69, 9.17) is 19.9 Å². The quantitative estimate of drug-likeness (QED) is 0.739. The Bertz CT molecular complexity index is 1270. The number of pyridine rings is 1. The molecule has 2 heterocycles. The van der Waals surface area contributed by atoms with Crippen LogP contribution in [-0.4, -0.2) is 18.8 Å². The molecular formula is C22H19N3O4. The predicted molar refractivity (Wildman–Crippen MR) is 108 cm³/mol. The number of aromatic nitrogens is 1. The van der Waals surface area contributed by atoms with Crippen molar-refractivity contribution in [1.82, 2.24) is 4.57 Å². The summed E-state index contributed by atoms with van der Waals surface area (Å²) in [6.07, 6.45) is 0. The molecule has 1 aliphatic rings. The monoisotopic (exact) mass is 389 g/mol. The molecule has 7 nitrogen and oxygen atoms in total. The van der Waals surface area contributed by atoms with Crippen LogP contribution in [0.5, 0.6) is 17.2 Å². The van der Waals surface area contributed by atoms with E-state index in [0.717, 1.165) is 5.39 Å². The highest BCUT2D eigenvalue weighted by Gasteiger charge is 2.37. The van der Waals surface area contributed by atoms with E-state index in [2.05, 4.69) is 6.07 Å². The molecule has 1 aromatic heterocycles. The lowest BCUT2D eigenvalue weighted by Gasteiger charge is -2.28. The van der Waals surface area contributed by atoms with Gasteiger partial charge in [-0.25, -0.2) is 0 Å². The van der Waals surface area contributed by atoms with Crippen molar-refractivity contribution in [1.29, 1.82) is 5.26 Å². The van der Waals surface area contributed by atoms with Crippen LogP contribution >= 0.6 is 0 Å². The third kappa shape index (κ3) is 2.61. The first kappa shape index (κ1) is 18.4. The number of allylic oxidation sites excluding steroid dienone is 1. The van der Waals surface area contributed by atoms with Crippen LogP contribution in [0, 0.1) is 11.3 Å². The Morgan fingerprint density at radius 2 is 1.90 bits per heavy atom. The van der Waals surface area contributed by atoms with Crippen molar-refractivity contribution in [2.45, 2.75) is 5.92 Å². The van der Waals surface area contributed by atoms with Gasteiger partial charge < -0.3 is 24.5 Å². The standard InChI is InChI=1S/C22H19N3O4/c1-25-15-9-5-4-7-12(15)20-18(22(25)26)17(14(11-23)21(24)29-20)13-8-6-10-16(27-2)19(13)28-3/h4-10,17H,24H2,1-3H3/t17-/m0/s1. The highest BCUT2D eigenvalue weighted by atomic mass is 16.5. The molecule has 2 N–H and O–H groups in total. The van der Waals surface area contributed by atoms with Crippen LogP contribution in [0.1, 0.15) is 17.0 Å². The highest BCUT2D eigenvalue weighted by Crippen LogP contribution is 2.47. The molecule has 1 atom stereocenters. The summed E-state index contributed by atoms with van der Waals surface area (Å²) in [4.78, 5) is 13.4. The summed E-state index contributed by atoms with van der Waals surface area (Å²) in [5.41, 5.74) is 7.65. The van der Waals surface area contributed by atoms with Crippen LogP contribution in [0.4, 0.5) is 0 Å². The van der Waals surface area contributed by atoms with E-state index in [1.807, 2.05) is 24.3 Å². The van der Waals surface area contributed by atoms with E-state index in [1.54, 1.807) is 29.8 Å². The van der Waals surface area contributed by atoms with Gasteiger partial charge in [0.25, 0.3) is 5.56 Å². The number of hydrogen-bond acceptors (Lipinski definition) is 6. The minimum absolute atomic E-state index is 0.0340. The number of hydrogen-bond donors (Lipinski definition) is 1.